The summed E-state index contributed by atoms with van der Waals surface area (Å²) >= 11 is 0. The van der Waals surface area contributed by atoms with Crippen LogP contribution < -0.4 is 10.9 Å². The molecule has 40 heavy (non-hydrogen) atoms. The Balaban J connectivity index is 1.25. The normalized spacial score (nSPS) is 23.9. The lowest BCUT2D eigenvalue weighted by atomic mass is 9.89. The number of pyridine rings is 1. The number of benzene rings is 1. The second-order valence-corrected chi connectivity index (χ2v) is 11.6. The molecule has 1 aromatic carbocycles. The average molecular weight is 544 g/mol. The van der Waals surface area contributed by atoms with Crippen LogP contribution in [-0.2, 0) is 6.54 Å². The number of hydrogen-bond donors (Lipinski definition) is 2. The molecule has 9 heteroatoms. The molecule has 2 bridgehead atoms. The van der Waals surface area contributed by atoms with E-state index in [0.29, 0.717) is 29.3 Å². The molecule has 6 rings (SSSR count). The Kier molecular flexibility index (Phi) is 7.65. The lowest BCUT2D eigenvalue weighted by Crippen LogP contribution is -2.50. The molecule has 2 unspecified atom stereocenters. The minimum Gasteiger partial charge on any atom is -0.478 e. The number of nitrogens with zero attached hydrogens (tertiary/aromatic N) is 4. The average Bonchev–Trinajstić information content (AvgIpc) is 3.20. The van der Waals surface area contributed by atoms with Gasteiger partial charge < -0.3 is 15.0 Å². The van der Waals surface area contributed by atoms with E-state index in [0.717, 1.165) is 18.4 Å². The van der Waals surface area contributed by atoms with Crippen molar-refractivity contribution in [2.75, 3.05) is 0 Å². The highest BCUT2D eigenvalue weighted by atomic mass is 16.4. The molecule has 2 atom stereocenters. The summed E-state index contributed by atoms with van der Waals surface area (Å²) in [4.78, 5) is 49.6. The number of rotatable bonds is 6. The first-order chi connectivity index (χ1) is 19.5. The molecular formula is C31H37N5O4. The Morgan fingerprint density at radius 1 is 0.875 bits per heavy atom. The Hall–Kier alpha value is -3.59. The number of piperidine rings is 1. The molecule has 2 aliphatic heterocycles. The molecule has 2 aromatic heterocycles. The summed E-state index contributed by atoms with van der Waals surface area (Å²) in [6, 6.07) is 12.2. The largest absolute Gasteiger partial charge is 0.478 e. The number of nitrogens with one attached hydrogen (secondary N) is 1. The summed E-state index contributed by atoms with van der Waals surface area (Å²) in [5.41, 5.74) is 1.51. The van der Waals surface area contributed by atoms with Crippen LogP contribution in [0.2, 0.25) is 0 Å². The SMILES string of the molecule is O=C(O)c1ccc(CNC(=O)c2nc3ccccc3n(C3CC4CCC(C3)N4C3CCCCCCC3)c2=O)nc1. The van der Waals surface area contributed by atoms with Crippen LogP contribution in [0.5, 0.6) is 0 Å². The van der Waals surface area contributed by atoms with Crippen LogP contribution >= 0.6 is 0 Å². The Bertz CT molecular complexity index is 1430. The maximum Gasteiger partial charge on any atom is 0.337 e. The van der Waals surface area contributed by atoms with Gasteiger partial charge in [-0.15, -0.1) is 0 Å². The molecule has 3 aromatic rings. The summed E-state index contributed by atoms with van der Waals surface area (Å²) in [5.74, 6) is -1.61. The van der Waals surface area contributed by atoms with Gasteiger partial charge in [-0.05, 0) is 62.8 Å². The van der Waals surface area contributed by atoms with Gasteiger partial charge in [0.05, 0.1) is 28.8 Å². The van der Waals surface area contributed by atoms with Crippen LogP contribution in [0.15, 0.2) is 47.4 Å². The monoisotopic (exact) mass is 543 g/mol. The van der Waals surface area contributed by atoms with E-state index < -0.39 is 11.9 Å². The Labute approximate surface area is 233 Å². The van der Waals surface area contributed by atoms with Crippen LogP contribution in [0.3, 0.4) is 0 Å². The lowest BCUT2D eigenvalue weighted by Gasteiger charge is -2.45. The van der Waals surface area contributed by atoms with Crippen LogP contribution in [0.4, 0.5) is 0 Å². The van der Waals surface area contributed by atoms with Crippen LogP contribution in [0.1, 0.15) is 103 Å². The maximum absolute atomic E-state index is 13.9. The molecular weight excluding hydrogens is 506 g/mol. The topological polar surface area (TPSA) is 117 Å². The molecule has 1 aliphatic carbocycles. The van der Waals surface area contributed by atoms with Gasteiger partial charge in [0.2, 0.25) is 0 Å². The minimum atomic E-state index is -1.06. The number of aromatic nitrogens is 3. The maximum atomic E-state index is 13.9. The van der Waals surface area contributed by atoms with Gasteiger partial charge in [-0.25, -0.2) is 9.78 Å². The number of aromatic carboxylic acids is 1. The Morgan fingerprint density at radius 2 is 1.57 bits per heavy atom. The van der Waals surface area contributed by atoms with Gasteiger partial charge in [0.1, 0.15) is 0 Å². The second kappa shape index (κ2) is 11.5. The van der Waals surface area contributed by atoms with Crippen molar-refractivity contribution >= 4 is 22.9 Å². The fourth-order valence-electron chi connectivity index (χ4n) is 7.30. The third-order valence-electron chi connectivity index (χ3n) is 9.14. The van der Waals surface area contributed by atoms with Gasteiger partial charge >= 0.3 is 5.97 Å². The minimum absolute atomic E-state index is 0.0273. The number of amides is 1. The predicted octanol–water partition coefficient (Wildman–Crippen LogP) is 4.70. The van der Waals surface area contributed by atoms with Crippen molar-refractivity contribution < 1.29 is 14.7 Å². The van der Waals surface area contributed by atoms with Crippen LogP contribution in [-0.4, -0.2) is 54.5 Å². The molecule has 1 amide bonds. The summed E-state index contributed by atoms with van der Waals surface area (Å²) < 4.78 is 1.85. The molecule has 210 valence electrons. The fraction of sp³-hybridized carbons (Fsp3) is 0.516. The standard InChI is InChI=1S/C31H37N5O4/c37-29(33-19-21-13-12-20(18-32-21)31(39)40)28-30(38)36(27-11-7-6-10-26(27)34-28)25-16-23-14-15-24(17-25)35(23)22-8-4-2-1-3-5-9-22/h6-7,10-13,18,22-25H,1-5,8-9,14-17,19H2,(H,33,37)(H,39,40). The van der Waals surface area contributed by atoms with Crippen molar-refractivity contribution in [1.82, 2.24) is 24.8 Å². The van der Waals surface area contributed by atoms with Crippen LogP contribution in [0, 0.1) is 0 Å². The van der Waals surface area contributed by atoms with Gasteiger partial charge in [0.15, 0.2) is 5.69 Å². The van der Waals surface area contributed by atoms with Crippen molar-refractivity contribution in [1.29, 1.82) is 0 Å². The zero-order valence-electron chi connectivity index (χ0n) is 22.8. The van der Waals surface area contributed by atoms with Crippen molar-refractivity contribution in [3.63, 3.8) is 0 Å². The highest BCUT2D eigenvalue weighted by Crippen LogP contribution is 2.44. The molecule has 2 saturated heterocycles. The zero-order chi connectivity index (χ0) is 27.6. The number of carboxylic acid groups (broad SMARTS) is 1. The number of hydrogen-bond acceptors (Lipinski definition) is 6. The van der Waals surface area contributed by atoms with E-state index >= 15 is 0 Å². The molecule has 3 aliphatic rings. The first-order valence-corrected chi connectivity index (χ1v) is 14.7. The quantitative estimate of drug-likeness (QED) is 0.463. The van der Waals surface area contributed by atoms with Gasteiger partial charge in [-0.1, -0.05) is 44.2 Å². The number of carboxylic acids is 1. The van der Waals surface area contributed by atoms with Crippen molar-refractivity contribution in [2.24, 2.45) is 0 Å². The van der Waals surface area contributed by atoms with Gasteiger partial charge in [0, 0.05) is 30.4 Å². The van der Waals surface area contributed by atoms with Crippen molar-refractivity contribution in [3.8, 4) is 0 Å². The van der Waals surface area contributed by atoms with E-state index in [2.05, 4.69) is 20.2 Å². The van der Waals surface area contributed by atoms with E-state index in [1.807, 2.05) is 28.8 Å². The molecule has 3 fully saturated rings. The summed E-state index contributed by atoms with van der Waals surface area (Å²) in [6.07, 6.45) is 14.7. The van der Waals surface area contributed by atoms with Gasteiger partial charge in [-0.2, -0.15) is 0 Å². The van der Waals surface area contributed by atoms with E-state index in [1.54, 1.807) is 6.07 Å². The van der Waals surface area contributed by atoms with E-state index in [-0.39, 0.29) is 29.4 Å². The first kappa shape index (κ1) is 26.6. The third kappa shape index (κ3) is 5.27. The smallest absolute Gasteiger partial charge is 0.337 e. The van der Waals surface area contributed by atoms with E-state index in [9.17, 15) is 14.4 Å². The van der Waals surface area contributed by atoms with Crippen molar-refractivity contribution in [3.05, 3.63) is 69.9 Å². The van der Waals surface area contributed by atoms with Crippen molar-refractivity contribution in [2.45, 2.75) is 101 Å². The fourth-order valence-corrected chi connectivity index (χ4v) is 7.30. The van der Waals surface area contributed by atoms with Gasteiger partial charge in [0.25, 0.3) is 11.5 Å². The molecule has 0 radical (unpaired) electrons. The predicted molar refractivity (Wildman–Crippen MR) is 151 cm³/mol. The molecule has 1 saturated carbocycles. The van der Waals surface area contributed by atoms with E-state index in [4.69, 9.17) is 5.11 Å². The van der Waals surface area contributed by atoms with Gasteiger partial charge in [-0.3, -0.25) is 19.5 Å². The first-order valence-electron chi connectivity index (χ1n) is 14.7. The summed E-state index contributed by atoms with van der Waals surface area (Å²) in [6.45, 7) is 0.0661. The summed E-state index contributed by atoms with van der Waals surface area (Å²) in [7, 11) is 0. The second-order valence-electron chi connectivity index (χ2n) is 11.6. The molecule has 4 heterocycles. The molecule has 0 spiro atoms. The highest BCUT2D eigenvalue weighted by molar-refractivity contribution is 5.93. The highest BCUT2D eigenvalue weighted by Gasteiger charge is 2.44. The summed E-state index contributed by atoms with van der Waals surface area (Å²) in [5, 5.41) is 11.8. The Morgan fingerprint density at radius 3 is 2.25 bits per heavy atom. The number of fused-ring (bicyclic) bond motifs is 3. The number of para-hydroxylation sites is 2. The van der Waals surface area contributed by atoms with Crippen LogP contribution in [0.25, 0.3) is 11.0 Å². The van der Waals surface area contributed by atoms with E-state index in [1.165, 1.54) is 70.1 Å². The lowest BCUT2D eigenvalue weighted by molar-refractivity contribution is 0.0497. The zero-order valence-corrected chi connectivity index (χ0v) is 22.8. The molecule has 2 N–H and O–H groups in total. The molecule has 9 nitrogen and oxygen atoms in total. The number of carbonyl (C=O) groups is 2. The third-order valence-corrected chi connectivity index (χ3v) is 9.14. The number of carbonyl (C=O) groups excluding carboxylic acids is 1.